The third-order valence-electron chi connectivity index (χ3n) is 3.58. The van der Waals surface area contributed by atoms with Gasteiger partial charge >= 0.3 is 0 Å². The molecule has 0 radical (unpaired) electrons. The quantitative estimate of drug-likeness (QED) is 0.474. The number of imidazole rings is 1. The van der Waals surface area contributed by atoms with Crippen LogP contribution in [0.1, 0.15) is 0 Å². The van der Waals surface area contributed by atoms with E-state index in [9.17, 15) is 0 Å². The van der Waals surface area contributed by atoms with E-state index in [-0.39, 0.29) is 0 Å². The van der Waals surface area contributed by atoms with Crippen molar-refractivity contribution in [2.75, 3.05) is 0 Å². The number of ether oxygens (including phenoxy) is 1. The molecule has 0 aliphatic heterocycles. The van der Waals surface area contributed by atoms with Crippen LogP contribution in [-0.4, -0.2) is 9.55 Å². The van der Waals surface area contributed by atoms with Gasteiger partial charge in [-0.15, -0.1) is 0 Å². The first-order valence-corrected chi connectivity index (χ1v) is 8.05. The van der Waals surface area contributed by atoms with Crippen molar-refractivity contribution in [2.45, 2.75) is 0 Å². The number of hydrogen-bond donors (Lipinski definition) is 0. The molecule has 0 aliphatic carbocycles. The third-order valence-corrected chi connectivity index (χ3v) is 4.07. The van der Waals surface area contributed by atoms with Crippen LogP contribution in [0.4, 0.5) is 0 Å². The molecule has 0 amide bonds. The highest BCUT2D eigenvalue weighted by atomic mass is 79.9. The average Bonchev–Trinajstić information content (AvgIpc) is 2.99. The zero-order valence-electron chi connectivity index (χ0n) is 12.2. The Morgan fingerprint density at radius 3 is 2.48 bits per heavy atom. The molecule has 0 saturated carbocycles. The molecule has 4 heteroatoms. The number of halogens is 1. The minimum Gasteiger partial charge on any atom is -0.457 e. The van der Waals surface area contributed by atoms with Crippen LogP contribution < -0.4 is 4.74 Å². The number of hydrogen-bond acceptors (Lipinski definition) is 2. The van der Waals surface area contributed by atoms with Gasteiger partial charge < -0.3 is 4.74 Å². The second-order valence-electron chi connectivity index (χ2n) is 5.16. The summed E-state index contributed by atoms with van der Waals surface area (Å²) >= 11 is 3.46. The minimum absolute atomic E-state index is 0.790. The van der Waals surface area contributed by atoms with Crippen molar-refractivity contribution in [1.29, 1.82) is 0 Å². The van der Waals surface area contributed by atoms with Gasteiger partial charge in [-0.25, -0.2) is 4.98 Å². The van der Waals surface area contributed by atoms with Gasteiger partial charge in [-0.2, -0.15) is 0 Å². The Bertz CT molecular complexity index is 978. The van der Waals surface area contributed by atoms with Crippen molar-refractivity contribution in [3.63, 3.8) is 0 Å². The fourth-order valence-corrected chi connectivity index (χ4v) is 2.91. The van der Waals surface area contributed by atoms with Crippen molar-refractivity contribution in [1.82, 2.24) is 9.55 Å². The molecule has 0 saturated heterocycles. The molecule has 0 atom stereocenters. The van der Waals surface area contributed by atoms with E-state index in [1.54, 1.807) is 0 Å². The number of para-hydroxylation sites is 2. The third kappa shape index (κ3) is 2.85. The molecule has 112 valence electrons. The van der Waals surface area contributed by atoms with E-state index in [1.165, 1.54) is 0 Å². The van der Waals surface area contributed by atoms with Crippen LogP contribution in [0.15, 0.2) is 83.6 Å². The molecule has 0 spiro atoms. The summed E-state index contributed by atoms with van der Waals surface area (Å²) in [5.41, 5.74) is 3.07. The van der Waals surface area contributed by atoms with Gasteiger partial charge in [0, 0.05) is 10.5 Å². The molecule has 3 nitrogen and oxygen atoms in total. The summed E-state index contributed by atoms with van der Waals surface area (Å²) in [6.07, 6.45) is 1.84. The predicted molar refractivity (Wildman–Crippen MR) is 95.3 cm³/mol. The van der Waals surface area contributed by atoms with E-state index in [2.05, 4.69) is 31.5 Å². The molecule has 0 fully saturated rings. The first-order valence-electron chi connectivity index (χ1n) is 7.25. The Morgan fingerprint density at radius 1 is 0.826 bits per heavy atom. The Hall–Kier alpha value is -2.59. The fourth-order valence-electron chi connectivity index (χ4n) is 2.53. The Kier molecular flexibility index (Phi) is 3.60. The Balaban J connectivity index is 1.71. The number of fused-ring (bicyclic) bond motifs is 1. The van der Waals surface area contributed by atoms with Gasteiger partial charge in [0.2, 0.25) is 0 Å². The summed E-state index contributed by atoms with van der Waals surface area (Å²) in [4.78, 5) is 4.44. The van der Waals surface area contributed by atoms with Crippen LogP contribution in [0.2, 0.25) is 0 Å². The Morgan fingerprint density at radius 2 is 1.61 bits per heavy atom. The van der Waals surface area contributed by atoms with E-state index in [4.69, 9.17) is 4.74 Å². The summed E-state index contributed by atoms with van der Waals surface area (Å²) in [6, 6.07) is 23.9. The molecule has 4 rings (SSSR count). The van der Waals surface area contributed by atoms with E-state index < -0.39 is 0 Å². The van der Waals surface area contributed by atoms with Crippen molar-refractivity contribution < 1.29 is 4.74 Å². The summed E-state index contributed by atoms with van der Waals surface area (Å²) in [5, 5.41) is 0. The summed E-state index contributed by atoms with van der Waals surface area (Å²) in [5.74, 6) is 1.59. The monoisotopic (exact) mass is 364 g/mol. The highest BCUT2D eigenvalue weighted by Crippen LogP contribution is 2.27. The minimum atomic E-state index is 0.790. The molecule has 1 aromatic heterocycles. The van der Waals surface area contributed by atoms with E-state index in [1.807, 2.05) is 73.1 Å². The number of aromatic nitrogens is 2. The smallest absolute Gasteiger partial charge is 0.129 e. The van der Waals surface area contributed by atoms with Crippen LogP contribution in [-0.2, 0) is 0 Å². The molecule has 0 aliphatic rings. The molecule has 1 heterocycles. The lowest BCUT2D eigenvalue weighted by Gasteiger charge is -2.09. The van der Waals surface area contributed by atoms with Gasteiger partial charge in [-0.05, 0) is 42.5 Å². The lowest BCUT2D eigenvalue weighted by molar-refractivity contribution is 0.482. The lowest BCUT2D eigenvalue weighted by Crippen LogP contribution is -1.92. The molecule has 3 aromatic carbocycles. The highest BCUT2D eigenvalue weighted by Gasteiger charge is 2.05. The number of benzene rings is 3. The SMILES string of the molecule is Brc1cccc(Oc2cccc(-n3cnc4ccccc43)c2)c1. The number of nitrogens with zero attached hydrogens (tertiary/aromatic N) is 2. The maximum Gasteiger partial charge on any atom is 0.129 e. The molecule has 0 N–H and O–H groups in total. The molecule has 23 heavy (non-hydrogen) atoms. The topological polar surface area (TPSA) is 27.1 Å². The Labute approximate surface area is 142 Å². The maximum atomic E-state index is 5.95. The van der Waals surface area contributed by atoms with Gasteiger partial charge in [0.15, 0.2) is 0 Å². The van der Waals surface area contributed by atoms with Crippen LogP contribution >= 0.6 is 15.9 Å². The second kappa shape index (κ2) is 5.89. The van der Waals surface area contributed by atoms with E-state index in [0.717, 1.165) is 32.7 Å². The molecule has 0 unspecified atom stereocenters. The van der Waals surface area contributed by atoms with Crippen LogP contribution in [0.3, 0.4) is 0 Å². The summed E-state index contributed by atoms with van der Waals surface area (Å²) in [6.45, 7) is 0. The first-order chi connectivity index (χ1) is 11.3. The second-order valence-corrected chi connectivity index (χ2v) is 6.08. The van der Waals surface area contributed by atoms with E-state index in [0.29, 0.717) is 0 Å². The van der Waals surface area contributed by atoms with Crippen molar-refractivity contribution in [3.8, 4) is 17.2 Å². The van der Waals surface area contributed by atoms with Gasteiger partial charge in [0.25, 0.3) is 0 Å². The van der Waals surface area contributed by atoms with Gasteiger partial charge in [-0.1, -0.05) is 40.2 Å². The van der Waals surface area contributed by atoms with Crippen molar-refractivity contribution >= 4 is 27.0 Å². The van der Waals surface area contributed by atoms with Crippen LogP contribution in [0.5, 0.6) is 11.5 Å². The molecular formula is C19H13BrN2O. The van der Waals surface area contributed by atoms with Crippen molar-refractivity contribution in [2.24, 2.45) is 0 Å². The zero-order chi connectivity index (χ0) is 15.6. The standard InChI is InChI=1S/C19H13BrN2O/c20-14-5-3-7-16(11-14)23-17-8-4-6-15(12-17)22-13-21-18-9-1-2-10-19(18)22/h1-13H. The normalized spacial score (nSPS) is 10.8. The summed E-state index contributed by atoms with van der Waals surface area (Å²) in [7, 11) is 0. The molecule has 4 aromatic rings. The first kappa shape index (κ1) is 14.0. The maximum absolute atomic E-state index is 5.95. The largest absolute Gasteiger partial charge is 0.457 e. The van der Waals surface area contributed by atoms with Crippen molar-refractivity contribution in [3.05, 3.63) is 83.6 Å². The van der Waals surface area contributed by atoms with Crippen LogP contribution in [0, 0.1) is 0 Å². The molecular weight excluding hydrogens is 352 g/mol. The zero-order valence-corrected chi connectivity index (χ0v) is 13.8. The van der Waals surface area contributed by atoms with E-state index >= 15 is 0 Å². The average molecular weight is 365 g/mol. The van der Waals surface area contributed by atoms with Gasteiger partial charge in [0.1, 0.15) is 17.8 Å². The highest BCUT2D eigenvalue weighted by molar-refractivity contribution is 9.10. The van der Waals surface area contributed by atoms with Crippen LogP contribution in [0.25, 0.3) is 16.7 Å². The fraction of sp³-hybridized carbons (Fsp3) is 0. The molecule has 0 bridgehead atoms. The number of rotatable bonds is 3. The predicted octanol–water partition coefficient (Wildman–Crippen LogP) is 5.58. The summed E-state index contributed by atoms with van der Waals surface area (Å²) < 4.78 is 9.00. The lowest BCUT2D eigenvalue weighted by atomic mass is 10.2. The van der Waals surface area contributed by atoms with Gasteiger partial charge in [-0.3, -0.25) is 4.57 Å². The van der Waals surface area contributed by atoms with Gasteiger partial charge in [0.05, 0.1) is 16.7 Å².